The highest BCUT2D eigenvalue weighted by atomic mass is 16.6. The molecule has 2 aromatic rings. The number of fused-ring (bicyclic) bond motifs is 5. The third kappa shape index (κ3) is 4.30. The summed E-state index contributed by atoms with van der Waals surface area (Å²) in [4.78, 5) is 13.5. The number of hydrogen-bond acceptors (Lipinski definition) is 4. The average Bonchev–Trinajstić information content (AvgIpc) is 3.22. The minimum atomic E-state index is -1.17. The summed E-state index contributed by atoms with van der Waals surface area (Å²) in [6.07, 6.45) is 10.8. The molecule has 0 saturated heterocycles. The molecule has 0 heterocycles. The second-order valence-corrected chi connectivity index (χ2v) is 13.6. The summed E-state index contributed by atoms with van der Waals surface area (Å²) in [5.74, 6) is 1.16. The Kier molecular flexibility index (Phi) is 6.59. The summed E-state index contributed by atoms with van der Waals surface area (Å²) in [5, 5.41) is 21.2. The number of phenolic OH excluding ortho intramolecular Hbond substituents is 1. The molecule has 0 radical (unpaired) electrons. The molecule has 4 nitrogen and oxygen atoms in total. The van der Waals surface area contributed by atoms with E-state index in [0.717, 1.165) is 50.5 Å². The van der Waals surface area contributed by atoms with E-state index in [1.54, 1.807) is 18.2 Å². The highest BCUT2D eigenvalue weighted by Crippen LogP contribution is 2.70. The first-order valence-corrected chi connectivity index (χ1v) is 15.0. The Morgan fingerprint density at radius 1 is 0.949 bits per heavy atom. The van der Waals surface area contributed by atoms with Crippen LogP contribution in [0.1, 0.15) is 83.3 Å². The molecule has 2 N–H and O–H groups in total. The molecule has 0 bridgehead atoms. The van der Waals surface area contributed by atoms with Gasteiger partial charge in [-0.1, -0.05) is 68.0 Å². The van der Waals surface area contributed by atoms with E-state index < -0.39 is 5.79 Å². The molecule has 3 saturated carbocycles. The largest absolute Gasteiger partial charge is 0.508 e. The molecule has 2 aromatic carbocycles. The predicted molar refractivity (Wildman–Crippen MR) is 153 cm³/mol. The van der Waals surface area contributed by atoms with Gasteiger partial charge in [-0.15, -0.1) is 0 Å². The van der Waals surface area contributed by atoms with Crippen LogP contribution in [0.15, 0.2) is 66.2 Å². The number of benzene rings is 2. The van der Waals surface area contributed by atoms with Gasteiger partial charge in [-0.2, -0.15) is 0 Å². The maximum Gasteiger partial charge on any atom is 0.169 e. The van der Waals surface area contributed by atoms with Gasteiger partial charge in [0.25, 0.3) is 0 Å². The van der Waals surface area contributed by atoms with Crippen molar-refractivity contribution in [2.45, 2.75) is 91.0 Å². The molecule has 0 aromatic heterocycles. The first-order valence-electron chi connectivity index (χ1n) is 15.0. The van der Waals surface area contributed by atoms with Crippen LogP contribution in [0.2, 0.25) is 0 Å². The summed E-state index contributed by atoms with van der Waals surface area (Å²) in [6, 6.07) is 17.7. The number of aliphatic hydroxyl groups is 1. The molecular formula is C35H44O4. The maximum absolute atomic E-state index is 13.5. The highest BCUT2D eigenvalue weighted by Gasteiger charge is 2.65. The lowest BCUT2D eigenvalue weighted by Gasteiger charge is -2.60. The van der Waals surface area contributed by atoms with Crippen molar-refractivity contribution in [2.75, 3.05) is 0 Å². The van der Waals surface area contributed by atoms with Crippen molar-refractivity contribution in [3.05, 3.63) is 77.4 Å². The Morgan fingerprint density at radius 2 is 1.69 bits per heavy atom. The Bertz CT molecular complexity index is 1270. The second-order valence-electron chi connectivity index (χ2n) is 13.6. The van der Waals surface area contributed by atoms with Gasteiger partial charge in [-0.25, -0.2) is 0 Å². The van der Waals surface area contributed by atoms with E-state index in [1.807, 2.05) is 13.0 Å². The number of phenols is 1. The van der Waals surface area contributed by atoms with Crippen LogP contribution in [0.25, 0.3) is 0 Å². The van der Waals surface area contributed by atoms with Gasteiger partial charge in [-0.05, 0) is 104 Å². The monoisotopic (exact) mass is 528 g/mol. The van der Waals surface area contributed by atoms with Crippen LogP contribution in [0.5, 0.6) is 5.75 Å². The topological polar surface area (TPSA) is 66.8 Å². The van der Waals surface area contributed by atoms with Crippen LogP contribution in [-0.4, -0.2) is 21.8 Å². The number of ether oxygens (including phenoxy) is 1. The van der Waals surface area contributed by atoms with Crippen LogP contribution in [0.4, 0.5) is 0 Å². The van der Waals surface area contributed by atoms with E-state index in [0.29, 0.717) is 36.4 Å². The van der Waals surface area contributed by atoms with E-state index >= 15 is 0 Å². The Hall–Kier alpha value is -2.43. The normalized spacial score (nSPS) is 39.3. The lowest BCUT2D eigenvalue weighted by molar-refractivity contribution is -0.231. The second kappa shape index (κ2) is 9.59. The number of rotatable bonds is 6. The number of allylic oxidation sites excluding steroid dienone is 1. The predicted octanol–water partition coefficient (Wildman–Crippen LogP) is 7.38. The molecular weight excluding hydrogens is 484 g/mol. The van der Waals surface area contributed by atoms with E-state index in [4.69, 9.17) is 4.74 Å². The maximum atomic E-state index is 13.5. The number of carbonyl (C=O) groups is 1. The van der Waals surface area contributed by atoms with Crippen LogP contribution in [0, 0.1) is 34.0 Å². The molecule has 39 heavy (non-hydrogen) atoms. The van der Waals surface area contributed by atoms with Crippen molar-refractivity contribution in [1.82, 2.24) is 0 Å². The number of aromatic hydroxyl groups is 1. The highest BCUT2D eigenvalue weighted by molar-refractivity contribution is 5.84. The Balaban J connectivity index is 1.22. The molecule has 4 heteroatoms. The van der Waals surface area contributed by atoms with Crippen molar-refractivity contribution in [2.24, 2.45) is 34.0 Å². The third-order valence-electron chi connectivity index (χ3n) is 11.9. The summed E-state index contributed by atoms with van der Waals surface area (Å²) in [7, 11) is 0. The molecule has 4 aliphatic carbocycles. The zero-order valence-electron chi connectivity index (χ0n) is 23.8. The van der Waals surface area contributed by atoms with Gasteiger partial charge in [0, 0.05) is 18.3 Å². The molecule has 3 fully saturated rings. The molecule has 0 amide bonds. The molecule has 0 aliphatic heterocycles. The van der Waals surface area contributed by atoms with Gasteiger partial charge in [0.1, 0.15) is 11.5 Å². The van der Waals surface area contributed by atoms with E-state index in [1.165, 1.54) is 11.1 Å². The lowest BCUT2D eigenvalue weighted by Crippen LogP contribution is -2.55. The van der Waals surface area contributed by atoms with E-state index in [2.05, 4.69) is 50.3 Å². The molecule has 3 unspecified atom stereocenters. The van der Waals surface area contributed by atoms with Crippen molar-refractivity contribution in [3.63, 3.8) is 0 Å². The fraction of sp³-hybridized carbons (Fsp3) is 0.571. The van der Waals surface area contributed by atoms with Crippen LogP contribution in [-0.2, 0) is 22.6 Å². The van der Waals surface area contributed by atoms with Gasteiger partial charge in [-0.3, -0.25) is 4.79 Å². The van der Waals surface area contributed by atoms with Crippen LogP contribution < -0.4 is 0 Å². The van der Waals surface area contributed by atoms with E-state index in [-0.39, 0.29) is 28.6 Å². The van der Waals surface area contributed by atoms with Crippen molar-refractivity contribution in [3.8, 4) is 5.75 Å². The minimum Gasteiger partial charge on any atom is -0.508 e. The summed E-state index contributed by atoms with van der Waals surface area (Å²) in [6.45, 7) is 7.02. The fourth-order valence-corrected chi connectivity index (χ4v) is 9.68. The molecule has 7 atom stereocenters. The first-order chi connectivity index (χ1) is 18.6. The van der Waals surface area contributed by atoms with Crippen LogP contribution >= 0.6 is 0 Å². The van der Waals surface area contributed by atoms with E-state index in [9.17, 15) is 15.0 Å². The molecule has 0 spiro atoms. The smallest absolute Gasteiger partial charge is 0.169 e. The third-order valence-corrected chi connectivity index (χ3v) is 11.9. The summed E-state index contributed by atoms with van der Waals surface area (Å²) in [5.41, 5.74) is 3.33. The van der Waals surface area contributed by atoms with Gasteiger partial charge >= 0.3 is 0 Å². The van der Waals surface area contributed by atoms with Crippen molar-refractivity contribution >= 4 is 5.78 Å². The summed E-state index contributed by atoms with van der Waals surface area (Å²) < 4.78 is 6.10. The standard InChI is InChI=1S/C35H44O4/c1-24(36)34(21-25-8-5-4-6-9-25)17-15-31-29-13-12-27-22-35(38,39-23-26-10-7-11-28(37)20-26)19-18-32(27,2)30(29)14-16-33(31,34)3/h4-12,20,29-31,37-38H,13-19,21-23H2,1-3H3/t29?,30?,31?,32-,33-,34+,35-/m0/s1. The van der Waals surface area contributed by atoms with Gasteiger partial charge < -0.3 is 14.9 Å². The molecule has 208 valence electrons. The van der Waals surface area contributed by atoms with Crippen LogP contribution in [0.3, 0.4) is 0 Å². The molecule has 4 aliphatic rings. The zero-order valence-corrected chi connectivity index (χ0v) is 23.8. The average molecular weight is 529 g/mol. The SMILES string of the molecule is CC(=O)[C@]1(Cc2ccccc2)CCC2C3CC=C4C[C@@](O)(OCc5cccc(O)c5)CC[C@]4(C)C3CC[C@@]21C. The van der Waals surface area contributed by atoms with Gasteiger partial charge in [0.15, 0.2) is 5.79 Å². The Morgan fingerprint density at radius 3 is 2.44 bits per heavy atom. The lowest BCUT2D eigenvalue weighted by atomic mass is 9.44. The van der Waals surface area contributed by atoms with Crippen molar-refractivity contribution in [1.29, 1.82) is 0 Å². The van der Waals surface area contributed by atoms with Crippen molar-refractivity contribution < 1.29 is 19.7 Å². The minimum absolute atomic E-state index is 0.0251. The van der Waals surface area contributed by atoms with Gasteiger partial charge in [0.2, 0.25) is 0 Å². The van der Waals surface area contributed by atoms with Gasteiger partial charge in [0.05, 0.1) is 6.61 Å². The number of ketones is 1. The quantitative estimate of drug-likeness (QED) is 0.303. The number of carbonyl (C=O) groups excluding carboxylic acids is 1. The summed E-state index contributed by atoms with van der Waals surface area (Å²) >= 11 is 0. The molecule has 6 rings (SSSR count). The fourth-order valence-electron chi connectivity index (χ4n) is 9.68. The Labute approximate surface area is 233 Å². The number of Topliss-reactive ketones (excluding diaryl/α,β-unsaturated/α-hetero) is 1. The zero-order chi connectivity index (χ0) is 27.5. The number of hydrogen-bond donors (Lipinski definition) is 2. The first kappa shape index (κ1) is 26.8.